The highest BCUT2D eigenvalue weighted by molar-refractivity contribution is 5.85. The number of hydrogen-bond donors (Lipinski definition) is 2. The van der Waals surface area contributed by atoms with Crippen molar-refractivity contribution in [1.29, 1.82) is 0 Å². The fourth-order valence-corrected chi connectivity index (χ4v) is 1.45. The van der Waals surface area contributed by atoms with E-state index >= 15 is 0 Å². The van der Waals surface area contributed by atoms with Crippen molar-refractivity contribution in [3.63, 3.8) is 0 Å². The van der Waals surface area contributed by atoms with Crippen LogP contribution in [0.1, 0.15) is 0 Å². The van der Waals surface area contributed by atoms with Gasteiger partial charge in [-0.1, -0.05) is 0 Å². The molecule has 102 valence electrons. The number of nitrogen functional groups attached to an aromatic ring is 2. The van der Waals surface area contributed by atoms with Crippen molar-refractivity contribution in [3.8, 4) is 11.5 Å². The van der Waals surface area contributed by atoms with E-state index in [-0.39, 0.29) is 12.4 Å². The SMILES string of the molecule is Cl.Nc1ccc(OCCOc2ccc(N)cc2)cc1. The van der Waals surface area contributed by atoms with Gasteiger partial charge in [-0.15, -0.1) is 12.4 Å². The maximum Gasteiger partial charge on any atom is 0.122 e. The molecule has 2 aromatic rings. The van der Waals surface area contributed by atoms with Crippen LogP contribution in [0, 0.1) is 0 Å². The van der Waals surface area contributed by atoms with E-state index in [9.17, 15) is 0 Å². The average molecular weight is 281 g/mol. The van der Waals surface area contributed by atoms with E-state index in [4.69, 9.17) is 20.9 Å². The average Bonchev–Trinajstić information content (AvgIpc) is 2.39. The first-order valence-electron chi connectivity index (χ1n) is 5.71. The predicted octanol–water partition coefficient (Wildman–Crippen LogP) is 2.73. The lowest BCUT2D eigenvalue weighted by Crippen LogP contribution is -2.08. The first kappa shape index (κ1) is 15.0. The minimum Gasteiger partial charge on any atom is -0.490 e. The molecule has 19 heavy (non-hydrogen) atoms. The van der Waals surface area contributed by atoms with Crippen molar-refractivity contribution in [1.82, 2.24) is 0 Å². The molecule has 4 nitrogen and oxygen atoms in total. The number of rotatable bonds is 5. The Balaban J connectivity index is 0.00000180. The van der Waals surface area contributed by atoms with Crippen LogP contribution in [0.3, 0.4) is 0 Å². The summed E-state index contributed by atoms with van der Waals surface area (Å²) < 4.78 is 11.0. The number of nitrogens with two attached hydrogens (primary N) is 2. The molecule has 5 heteroatoms. The van der Waals surface area contributed by atoms with E-state index in [2.05, 4.69) is 0 Å². The summed E-state index contributed by atoms with van der Waals surface area (Å²) in [5.41, 5.74) is 12.6. The third-order valence-corrected chi connectivity index (χ3v) is 2.38. The molecule has 0 saturated carbocycles. The van der Waals surface area contributed by atoms with Gasteiger partial charge in [0.1, 0.15) is 24.7 Å². The maximum atomic E-state index is 5.58. The molecule has 0 bridgehead atoms. The van der Waals surface area contributed by atoms with Gasteiger partial charge in [0.25, 0.3) is 0 Å². The molecule has 0 aromatic heterocycles. The van der Waals surface area contributed by atoms with Crippen molar-refractivity contribution in [2.45, 2.75) is 0 Å². The van der Waals surface area contributed by atoms with Gasteiger partial charge < -0.3 is 20.9 Å². The van der Waals surface area contributed by atoms with Crippen LogP contribution < -0.4 is 20.9 Å². The van der Waals surface area contributed by atoms with Crippen LogP contribution in [0.2, 0.25) is 0 Å². The van der Waals surface area contributed by atoms with Gasteiger partial charge in [-0.25, -0.2) is 0 Å². The fraction of sp³-hybridized carbons (Fsp3) is 0.143. The summed E-state index contributed by atoms with van der Waals surface area (Å²) in [6.07, 6.45) is 0. The number of benzene rings is 2. The number of anilines is 2. The molecule has 0 saturated heterocycles. The van der Waals surface area contributed by atoms with Crippen LogP contribution >= 0.6 is 12.4 Å². The minimum absolute atomic E-state index is 0. The van der Waals surface area contributed by atoms with Crippen LogP contribution in [-0.2, 0) is 0 Å². The van der Waals surface area contributed by atoms with E-state index in [1.807, 2.05) is 24.3 Å². The standard InChI is InChI=1S/C14H16N2O2.ClH/c15-11-1-5-13(6-2-11)17-9-10-18-14-7-3-12(16)4-8-14;/h1-8H,9-10,15-16H2;1H. The second-order valence-corrected chi connectivity index (χ2v) is 3.83. The van der Waals surface area contributed by atoms with E-state index in [0.29, 0.717) is 13.2 Å². The quantitative estimate of drug-likeness (QED) is 0.653. The molecular weight excluding hydrogens is 264 g/mol. The second-order valence-electron chi connectivity index (χ2n) is 3.83. The molecule has 0 aliphatic heterocycles. The molecule has 0 spiro atoms. The lowest BCUT2D eigenvalue weighted by molar-refractivity contribution is 0.217. The van der Waals surface area contributed by atoms with Gasteiger partial charge in [-0.05, 0) is 48.5 Å². The number of hydrogen-bond acceptors (Lipinski definition) is 4. The minimum atomic E-state index is 0. The first-order valence-corrected chi connectivity index (χ1v) is 5.71. The maximum absolute atomic E-state index is 5.58. The molecule has 0 unspecified atom stereocenters. The Kier molecular flexibility index (Phi) is 5.82. The van der Waals surface area contributed by atoms with Gasteiger partial charge in [-0.2, -0.15) is 0 Å². The van der Waals surface area contributed by atoms with Crippen LogP contribution in [0.5, 0.6) is 11.5 Å². The fourth-order valence-electron chi connectivity index (χ4n) is 1.45. The van der Waals surface area contributed by atoms with Crippen molar-refractivity contribution in [2.75, 3.05) is 24.7 Å². The molecule has 4 N–H and O–H groups in total. The monoisotopic (exact) mass is 280 g/mol. The summed E-state index contributed by atoms with van der Waals surface area (Å²) in [5.74, 6) is 1.57. The summed E-state index contributed by atoms with van der Waals surface area (Å²) in [6.45, 7) is 0.961. The summed E-state index contributed by atoms with van der Waals surface area (Å²) in [4.78, 5) is 0. The summed E-state index contributed by atoms with van der Waals surface area (Å²) in [5, 5.41) is 0. The molecule has 2 aromatic carbocycles. The third-order valence-electron chi connectivity index (χ3n) is 2.38. The Morgan fingerprint density at radius 1 is 0.632 bits per heavy atom. The van der Waals surface area contributed by atoms with Gasteiger partial charge in [0.2, 0.25) is 0 Å². The molecule has 0 aliphatic carbocycles. The Morgan fingerprint density at radius 2 is 0.947 bits per heavy atom. The summed E-state index contributed by atoms with van der Waals surface area (Å²) in [7, 11) is 0. The lowest BCUT2D eigenvalue weighted by Gasteiger charge is -2.08. The van der Waals surface area contributed by atoms with Gasteiger partial charge in [-0.3, -0.25) is 0 Å². The van der Waals surface area contributed by atoms with E-state index in [1.165, 1.54) is 0 Å². The van der Waals surface area contributed by atoms with Crippen molar-refractivity contribution in [2.24, 2.45) is 0 Å². The van der Waals surface area contributed by atoms with Gasteiger partial charge in [0, 0.05) is 11.4 Å². The van der Waals surface area contributed by atoms with Crippen molar-refractivity contribution < 1.29 is 9.47 Å². The zero-order chi connectivity index (χ0) is 12.8. The first-order chi connectivity index (χ1) is 8.74. The summed E-state index contributed by atoms with van der Waals surface area (Å²) in [6, 6.07) is 14.5. The molecule has 0 radical (unpaired) electrons. The Hall–Kier alpha value is -2.07. The highest BCUT2D eigenvalue weighted by Gasteiger charge is 1.95. The van der Waals surface area contributed by atoms with E-state index < -0.39 is 0 Å². The Labute approximate surface area is 118 Å². The van der Waals surface area contributed by atoms with Crippen LogP contribution in [0.15, 0.2) is 48.5 Å². The molecule has 0 atom stereocenters. The Morgan fingerprint density at radius 3 is 1.26 bits per heavy atom. The predicted molar refractivity (Wildman–Crippen MR) is 79.9 cm³/mol. The molecule has 0 heterocycles. The highest BCUT2D eigenvalue weighted by Crippen LogP contribution is 2.14. The highest BCUT2D eigenvalue weighted by atomic mass is 35.5. The third kappa shape index (κ3) is 4.97. The smallest absolute Gasteiger partial charge is 0.122 e. The van der Waals surface area contributed by atoms with Crippen LogP contribution in [-0.4, -0.2) is 13.2 Å². The van der Waals surface area contributed by atoms with Crippen molar-refractivity contribution >= 4 is 23.8 Å². The number of ether oxygens (including phenoxy) is 2. The van der Waals surface area contributed by atoms with E-state index in [0.717, 1.165) is 22.9 Å². The largest absolute Gasteiger partial charge is 0.490 e. The van der Waals surface area contributed by atoms with Crippen molar-refractivity contribution in [3.05, 3.63) is 48.5 Å². The van der Waals surface area contributed by atoms with E-state index in [1.54, 1.807) is 24.3 Å². The number of halogens is 1. The van der Waals surface area contributed by atoms with Gasteiger partial charge in [0.15, 0.2) is 0 Å². The van der Waals surface area contributed by atoms with Gasteiger partial charge in [0.05, 0.1) is 0 Å². The summed E-state index contributed by atoms with van der Waals surface area (Å²) >= 11 is 0. The lowest BCUT2D eigenvalue weighted by atomic mass is 10.3. The van der Waals surface area contributed by atoms with Gasteiger partial charge >= 0.3 is 0 Å². The molecule has 0 fully saturated rings. The zero-order valence-electron chi connectivity index (χ0n) is 10.4. The molecule has 2 rings (SSSR count). The molecular formula is C14H17ClN2O2. The molecule has 0 amide bonds. The van der Waals surface area contributed by atoms with Crippen LogP contribution in [0.4, 0.5) is 11.4 Å². The zero-order valence-corrected chi connectivity index (χ0v) is 11.2. The molecule has 0 aliphatic rings. The Bertz CT molecular complexity index is 438. The normalized spacial score (nSPS) is 9.47. The second kappa shape index (κ2) is 7.38. The topological polar surface area (TPSA) is 70.5 Å². The van der Waals surface area contributed by atoms with Crippen LogP contribution in [0.25, 0.3) is 0 Å².